The van der Waals surface area contributed by atoms with Crippen molar-refractivity contribution in [3.05, 3.63) is 65.7 Å². The van der Waals surface area contributed by atoms with E-state index < -0.39 is 0 Å². The van der Waals surface area contributed by atoms with Gasteiger partial charge in [0.15, 0.2) is 0 Å². The average molecular weight is 380 g/mol. The molecule has 0 unspecified atom stereocenters. The van der Waals surface area contributed by atoms with E-state index >= 15 is 0 Å². The molecule has 1 fully saturated rings. The predicted octanol–water partition coefficient (Wildman–Crippen LogP) is 2.09. The van der Waals surface area contributed by atoms with Crippen molar-refractivity contribution >= 4 is 17.5 Å². The van der Waals surface area contributed by atoms with E-state index in [1.54, 1.807) is 0 Å². The van der Waals surface area contributed by atoms with Gasteiger partial charge in [0.2, 0.25) is 11.8 Å². The van der Waals surface area contributed by atoms with Crippen LogP contribution in [0, 0.1) is 0 Å². The summed E-state index contributed by atoms with van der Waals surface area (Å²) >= 11 is 0. The van der Waals surface area contributed by atoms with Crippen LogP contribution in [0.2, 0.25) is 0 Å². The number of nitrogens with zero attached hydrogens (tertiary/aromatic N) is 2. The molecule has 0 radical (unpaired) electrons. The van der Waals surface area contributed by atoms with Gasteiger partial charge in [0, 0.05) is 44.7 Å². The van der Waals surface area contributed by atoms with Crippen LogP contribution in [-0.2, 0) is 16.0 Å². The van der Waals surface area contributed by atoms with Crippen LogP contribution in [0.5, 0.6) is 0 Å². The number of nitrogens with two attached hydrogens (primary N) is 1. The van der Waals surface area contributed by atoms with Crippen LogP contribution >= 0.6 is 0 Å². The Balaban J connectivity index is 1.45. The SMILES string of the molecule is NNC(=O)CCCC(=O)N1CCN(c2ccc(Cc3ccccc3)cc2)CC1. The van der Waals surface area contributed by atoms with Crippen LogP contribution < -0.4 is 16.2 Å². The highest BCUT2D eigenvalue weighted by atomic mass is 16.2. The van der Waals surface area contributed by atoms with Crippen LogP contribution in [0.3, 0.4) is 0 Å². The highest BCUT2D eigenvalue weighted by Gasteiger charge is 2.21. The van der Waals surface area contributed by atoms with Crippen molar-refractivity contribution in [2.24, 2.45) is 5.84 Å². The van der Waals surface area contributed by atoms with E-state index in [1.807, 2.05) is 11.0 Å². The molecule has 2 amide bonds. The molecule has 0 aliphatic carbocycles. The van der Waals surface area contributed by atoms with Crippen molar-refractivity contribution in [1.29, 1.82) is 0 Å². The topological polar surface area (TPSA) is 78.7 Å². The fourth-order valence-electron chi connectivity index (χ4n) is 3.50. The minimum absolute atomic E-state index is 0.114. The summed E-state index contributed by atoms with van der Waals surface area (Å²) in [5, 5.41) is 0. The summed E-state index contributed by atoms with van der Waals surface area (Å²) in [4.78, 5) is 27.6. The Morgan fingerprint density at radius 2 is 1.50 bits per heavy atom. The number of anilines is 1. The van der Waals surface area contributed by atoms with Crippen molar-refractivity contribution in [3.8, 4) is 0 Å². The summed E-state index contributed by atoms with van der Waals surface area (Å²) < 4.78 is 0. The second kappa shape index (κ2) is 9.90. The van der Waals surface area contributed by atoms with Crippen LogP contribution in [0.15, 0.2) is 54.6 Å². The number of piperazine rings is 1. The number of amides is 2. The molecule has 1 heterocycles. The Bertz CT molecular complexity index is 769. The van der Waals surface area contributed by atoms with Crippen molar-refractivity contribution in [2.75, 3.05) is 31.1 Å². The molecule has 6 nitrogen and oxygen atoms in total. The van der Waals surface area contributed by atoms with Crippen LogP contribution in [0.25, 0.3) is 0 Å². The molecular weight excluding hydrogens is 352 g/mol. The molecule has 0 saturated carbocycles. The maximum absolute atomic E-state index is 12.3. The van der Waals surface area contributed by atoms with Gasteiger partial charge in [-0.2, -0.15) is 0 Å². The molecule has 1 aliphatic rings. The van der Waals surface area contributed by atoms with Gasteiger partial charge in [0.25, 0.3) is 0 Å². The molecule has 0 aromatic heterocycles. The number of hydrogen-bond acceptors (Lipinski definition) is 4. The number of benzene rings is 2. The van der Waals surface area contributed by atoms with E-state index in [0.29, 0.717) is 25.9 Å². The minimum Gasteiger partial charge on any atom is -0.368 e. The van der Waals surface area contributed by atoms with Crippen LogP contribution in [-0.4, -0.2) is 42.9 Å². The molecule has 2 aromatic carbocycles. The first-order valence-corrected chi connectivity index (χ1v) is 9.81. The van der Waals surface area contributed by atoms with Gasteiger partial charge in [-0.1, -0.05) is 42.5 Å². The van der Waals surface area contributed by atoms with Gasteiger partial charge in [-0.15, -0.1) is 0 Å². The molecule has 3 rings (SSSR count). The maximum atomic E-state index is 12.3. The van der Waals surface area contributed by atoms with Gasteiger partial charge < -0.3 is 9.80 Å². The van der Waals surface area contributed by atoms with Gasteiger partial charge in [-0.3, -0.25) is 15.0 Å². The Morgan fingerprint density at radius 3 is 2.14 bits per heavy atom. The fraction of sp³-hybridized carbons (Fsp3) is 0.364. The number of hydrogen-bond donors (Lipinski definition) is 2. The Hall–Kier alpha value is -2.86. The summed E-state index contributed by atoms with van der Waals surface area (Å²) in [6.07, 6.45) is 2.15. The lowest BCUT2D eigenvalue weighted by atomic mass is 10.0. The quantitative estimate of drug-likeness (QED) is 0.438. The monoisotopic (exact) mass is 380 g/mol. The second-order valence-corrected chi connectivity index (χ2v) is 7.12. The maximum Gasteiger partial charge on any atom is 0.233 e. The number of nitrogens with one attached hydrogen (secondary N) is 1. The van der Waals surface area contributed by atoms with Crippen molar-refractivity contribution in [2.45, 2.75) is 25.7 Å². The first-order chi connectivity index (χ1) is 13.7. The van der Waals surface area contributed by atoms with Gasteiger partial charge in [0.05, 0.1) is 0 Å². The smallest absolute Gasteiger partial charge is 0.233 e. The standard InChI is InChI=1S/C22H28N4O2/c23-24-21(27)7-4-8-22(28)26-15-13-25(14-16-26)20-11-9-19(10-12-20)17-18-5-2-1-3-6-18/h1-3,5-6,9-12H,4,7-8,13-17,23H2,(H,24,27). The Kier molecular flexibility index (Phi) is 7.03. The number of carbonyl (C=O) groups excluding carboxylic acids is 2. The van der Waals surface area contributed by atoms with E-state index in [-0.39, 0.29) is 18.2 Å². The molecular formula is C22H28N4O2. The summed E-state index contributed by atoms with van der Waals surface area (Å²) in [5.74, 6) is 4.93. The highest BCUT2D eigenvalue weighted by molar-refractivity contribution is 5.78. The molecule has 2 aromatic rings. The molecule has 6 heteroatoms. The summed E-state index contributed by atoms with van der Waals surface area (Å²) in [7, 11) is 0. The zero-order valence-electron chi connectivity index (χ0n) is 16.1. The number of hydrazine groups is 1. The first kappa shape index (κ1) is 19.9. The third-order valence-electron chi connectivity index (χ3n) is 5.14. The van der Waals surface area contributed by atoms with Crippen molar-refractivity contribution in [1.82, 2.24) is 10.3 Å². The van der Waals surface area contributed by atoms with Crippen molar-refractivity contribution < 1.29 is 9.59 Å². The molecule has 3 N–H and O–H groups in total. The lowest BCUT2D eigenvalue weighted by molar-refractivity contribution is -0.131. The van der Waals surface area contributed by atoms with E-state index in [2.05, 4.69) is 58.9 Å². The third kappa shape index (κ3) is 5.57. The zero-order valence-corrected chi connectivity index (χ0v) is 16.1. The van der Waals surface area contributed by atoms with Gasteiger partial charge in [-0.25, -0.2) is 5.84 Å². The predicted molar refractivity (Wildman–Crippen MR) is 111 cm³/mol. The Labute approximate surface area is 166 Å². The van der Waals surface area contributed by atoms with E-state index in [1.165, 1.54) is 16.8 Å². The summed E-state index contributed by atoms with van der Waals surface area (Å²) in [6.45, 7) is 3.08. The minimum atomic E-state index is -0.228. The lowest BCUT2D eigenvalue weighted by Gasteiger charge is -2.36. The molecule has 28 heavy (non-hydrogen) atoms. The second-order valence-electron chi connectivity index (χ2n) is 7.12. The number of rotatable bonds is 7. The van der Waals surface area contributed by atoms with Crippen molar-refractivity contribution in [3.63, 3.8) is 0 Å². The van der Waals surface area contributed by atoms with Gasteiger partial charge in [0.1, 0.15) is 0 Å². The zero-order chi connectivity index (χ0) is 19.8. The summed E-state index contributed by atoms with van der Waals surface area (Å²) in [6, 6.07) is 19.2. The lowest BCUT2D eigenvalue weighted by Crippen LogP contribution is -2.48. The van der Waals surface area contributed by atoms with Gasteiger partial charge >= 0.3 is 0 Å². The Morgan fingerprint density at radius 1 is 0.857 bits per heavy atom. The molecule has 1 aliphatic heterocycles. The molecule has 0 atom stereocenters. The molecule has 1 saturated heterocycles. The van der Waals surface area contributed by atoms with E-state index in [9.17, 15) is 9.59 Å². The van der Waals surface area contributed by atoms with E-state index in [4.69, 9.17) is 5.84 Å². The highest BCUT2D eigenvalue weighted by Crippen LogP contribution is 2.19. The van der Waals surface area contributed by atoms with E-state index in [0.717, 1.165) is 19.5 Å². The molecule has 0 spiro atoms. The number of carbonyl (C=O) groups is 2. The molecule has 148 valence electrons. The van der Waals surface area contributed by atoms with Crippen LogP contribution in [0.4, 0.5) is 5.69 Å². The third-order valence-corrected chi connectivity index (χ3v) is 5.14. The summed E-state index contributed by atoms with van der Waals surface area (Å²) in [5.41, 5.74) is 5.89. The normalized spacial score (nSPS) is 14.0. The first-order valence-electron chi connectivity index (χ1n) is 9.81. The fourth-order valence-corrected chi connectivity index (χ4v) is 3.50. The largest absolute Gasteiger partial charge is 0.368 e. The average Bonchev–Trinajstić information content (AvgIpc) is 2.75. The van der Waals surface area contributed by atoms with Crippen LogP contribution in [0.1, 0.15) is 30.4 Å². The molecule has 0 bridgehead atoms. The van der Waals surface area contributed by atoms with Gasteiger partial charge in [-0.05, 0) is 36.1 Å².